The minimum atomic E-state index is 0.0556. The number of nitrogens with one attached hydrogen (secondary N) is 2. The number of carbonyl (C=O) groups excluding carboxylic acids is 1. The van der Waals surface area contributed by atoms with Crippen molar-refractivity contribution in [1.29, 1.82) is 0 Å². The first kappa shape index (κ1) is 7.54. The molecule has 3 heteroatoms. The molecule has 1 fully saturated rings. The molecule has 3 nitrogen and oxygen atoms in total. The Balaban J connectivity index is 2.33. The second kappa shape index (κ2) is 3.01. The van der Waals surface area contributed by atoms with Gasteiger partial charge in [-0.25, -0.2) is 0 Å². The molecule has 0 radical (unpaired) electrons. The van der Waals surface area contributed by atoms with Crippen molar-refractivity contribution in [2.45, 2.75) is 32.4 Å². The first-order chi connectivity index (χ1) is 4.70. The van der Waals surface area contributed by atoms with Gasteiger partial charge in [-0.2, -0.15) is 0 Å². The average Bonchev–Trinajstić information content (AvgIpc) is 2.15. The van der Waals surface area contributed by atoms with Crippen molar-refractivity contribution < 1.29 is 4.79 Å². The molecule has 1 atom stereocenters. The Morgan fingerprint density at radius 2 is 2.40 bits per heavy atom. The van der Waals surface area contributed by atoms with E-state index >= 15 is 0 Å². The van der Waals surface area contributed by atoms with Crippen LogP contribution in [-0.2, 0) is 4.79 Å². The Morgan fingerprint density at radius 1 is 1.70 bits per heavy atom. The maximum atomic E-state index is 10.9. The molecule has 1 rings (SSSR count). The van der Waals surface area contributed by atoms with Crippen LogP contribution in [0.1, 0.15) is 20.3 Å². The molecule has 1 amide bonds. The lowest BCUT2D eigenvalue weighted by atomic mass is 10.2. The Morgan fingerprint density at radius 3 is 2.80 bits per heavy atom. The molecule has 0 aromatic rings. The zero-order chi connectivity index (χ0) is 7.56. The van der Waals surface area contributed by atoms with Crippen molar-refractivity contribution >= 4 is 5.91 Å². The number of hydrogen-bond donors (Lipinski definition) is 2. The highest BCUT2D eigenvalue weighted by Crippen LogP contribution is 1.99. The van der Waals surface area contributed by atoms with Gasteiger partial charge in [0, 0.05) is 12.6 Å². The summed E-state index contributed by atoms with van der Waals surface area (Å²) in [6.45, 7) is 4.92. The predicted molar refractivity (Wildman–Crippen MR) is 39.7 cm³/mol. The molecule has 0 aliphatic carbocycles. The molecule has 58 valence electrons. The van der Waals surface area contributed by atoms with Crippen LogP contribution in [0.15, 0.2) is 0 Å². The number of hydrogen-bond acceptors (Lipinski definition) is 2. The van der Waals surface area contributed by atoms with Crippen LogP contribution < -0.4 is 10.6 Å². The Bertz CT molecular complexity index is 134. The monoisotopic (exact) mass is 142 g/mol. The third kappa shape index (κ3) is 1.70. The maximum Gasteiger partial charge on any atom is 0.237 e. The van der Waals surface area contributed by atoms with Gasteiger partial charge >= 0.3 is 0 Å². The minimum Gasteiger partial charge on any atom is -0.355 e. The molecule has 0 aromatic carbocycles. The molecule has 2 N–H and O–H groups in total. The highest BCUT2D eigenvalue weighted by Gasteiger charge is 2.23. The molecule has 1 aliphatic heterocycles. The van der Waals surface area contributed by atoms with Crippen LogP contribution >= 0.6 is 0 Å². The van der Waals surface area contributed by atoms with Crippen LogP contribution in [0.5, 0.6) is 0 Å². The van der Waals surface area contributed by atoms with E-state index in [2.05, 4.69) is 10.6 Å². The van der Waals surface area contributed by atoms with Gasteiger partial charge in [0.1, 0.15) is 0 Å². The van der Waals surface area contributed by atoms with Crippen molar-refractivity contribution in [3.63, 3.8) is 0 Å². The zero-order valence-corrected chi connectivity index (χ0v) is 6.48. The second-order valence-electron chi connectivity index (χ2n) is 2.95. The highest BCUT2D eigenvalue weighted by atomic mass is 16.2. The standard InChI is InChI=1S/C7H14N2O/c1-5(2)9-6-3-4-8-7(6)10/h5-6,9H,3-4H2,1-2H3,(H,8,10). The normalized spacial score (nSPS) is 25.5. The molecule has 0 spiro atoms. The Hall–Kier alpha value is -0.570. The lowest BCUT2D eigenvalue weighted by Gasteiger charge is -2.12. The fraction of sp³-hybridized carbons (Fsp3) is 0.857. The summed E-state index contributed by atoms with van der Waals surface area (Å²) in [5.74, 6) is 0.147. The van der Waals surface area contributed by atoms with Gasteiger partial charge in [0.15, 0.2) is 0 Å². The summed E-state index contributed by atoms with van der Waals surface area (Å²) in [7, 11) is 0. The number of amides is 1. The first-order valence-electron chi connectivity index (χ1n) is 3.74. The maximum absolute atomic E-state index is 10.9. The van der Waals surface area contributed by atoms with Crippen LogP contribution in [0.4, 0.5) is 0 Å². The summed E-state index contributed by atoms with van der Waals surface area (Å²) in [4.78, 5) is 10.9. The van der Waals surface area contributed by atoms with E-state index < -0.39 is 0 Å². The fourth-order valence-corrected chi connectivity index (χ4v) is 1.16. The second-order valence-corrected chi connectivity index (χ2v) is 2.95. The SMILES string of the molecule is CC(C)NC1CCNC1=O. The van der Waals surface area contributed by atoms with Crippen molar-refractivity contribution in [2.75, 3.05) is 6.54 Å². The van der Waals surface area contributed by atoms with Gasteiger partial charge in [0.25, 0.3) is 0 Å². The van der Waals surface area contributed by atoms with E-state index in [1.807, 2.05) is 13.8 Å². The van der Waals surface area contributed by atoms with E-state index in [1.165, 1.54) is 0 Å². The summed E-state index contributed by atoms with van der Waals surface area (Å²) in [5, 5.41) is 5.95. The third-order valence-electron chi connectivity index (χ3n) is 1.58. The first-order valence-corrected chi connectivity index (χ1v) is 3.74. The molecule has 1 aliphatic rings. The van der Waals surface area contributed by atoms with E-state index in [-0.39, 0.29) is 11.9 Å². The van der Waals surface area contributed by atoms with Crippen molar-refractivity contribution in [3.8, 4) is 0 Å². The number of carbonyl (C=O) groups is 1. The van der Waals surface area contributed by atoms with Gasteiger partial charge in [-0.05, 0) is 6.42 Å². The molecule has 1 unspecified atom stereocenters. The minimum absolute atomic E-state index is 0.0556. The smallest absolute Gasteiger partial charge is 0.237 e. The average molecular weight is 142 g/mol. The Labute approximate surface area is 61.2 Å². The largest absolute Gasteiger partial charge is 0.355 e. The lowest BCUT2D eigenvalue weighted by molar-refractivity contribution is -0.121. The van der Waals surface area contributed by atoms with Gasteiger partial charge < -0.3 is 10.6 Å². The van der Waals surface area contributed by atoms with Gasteiger partial charge in [0.05, 0.1) is 6.04 Å². The van der Waals surface area contributed by atoms with E-state index in [1.54, 1.807) is 0 Å². The van der Waals surface area contributed by atoms with Gasteiger partial charge in [-0.15, -0.1) is 0 Å². The van der Waals surface area contributed by atoms with Gasteiger partial charge in [-0.1, -0.05) is 13.8 Å². The van der Waals surface area contributed by atoms with Gasteiger partial charge in [-0.3, -0.25) is 4.79 Å². The van der Waals surface area contributed by atoms with Gasteiger partial charge in [0.2, 0.25) is 5.91 Å². The molecule has 1 heterocycles. The van der Waals surface area contributed by atoms with E-state index in [0.29, 0.717) is 6.04 Å². The molecular formula is C7H14N2O. The summed E-state index contributed by atoms with van der Waals surface area (Å²) >= 11 is 0. The van der Waals surface area contributed by atoms with Crippen LogP contribution in [-0.4, -0.2) is 24.5 Å². The quantitative estimate of drug-likeness (QED) is 0.564. The topological polar surface area (TPSA) is 41.1 Å². The van der Waals surface area contributed by atoms with E-state index in [9.17, 15) is 4.79 Å². The molecule has 10 heavy (non-hydrogen) atoms. The summed E-state index contributed by atoms with van der Waals surface area (Å²) < 4.78 is 0. The van der Waals surface area contributed by atoms with Crippen LogP contribution in [0.3, 0.4) is 0 Å². The van der Waals surface area contributed by atoms with Crippen molar-refractivity contribution in [3.05, 3.63) is 0 Å². The third-order valence-corrected chi connectivity index (χ3v) is 1.58. The van der Waals surface area contributed by atoms with E-state index in [0.717, 1.165) is 13.0 Å². The summed E-state index contributed by atoms with van der Waals surface area (Å²) in [6, 6.07) is 0.453. The molecular weight excluding hydrogens is 128 g/mol. The molecule has 0 bridgehead atoms. The molecule has 0 aromatic heterocycles. The molecule has 1 saturated heterocycles. The number of rotatable bonds is 2. The fourth-order valence-electron chi connectivity index (χ4n) is 1.16. The van der Waals surface area contributed by atoms with E-state index in [4.69, 9.17) is 0 Å². The highest BCUT2D eigenvalue weighted by molar-refractivity contribution is 5.83. The van der Waals surface area contributed by atoms with Crippen molar-refractivity contribution in [2.24, 2.45) is 0 Å². The summed E-state index contributed by atoms with van der Waals surface area (Å²) in [6.07, 6.45) is 0.928. The zero-order valence-electron chi connectivity index (χ0n) is 6.48. The van der Waals surface area contributed by atoms with Crippen LogP contribution in [0, 0.1) is 0 Å². The lowest BCUT2D eigenvalue weighted by Crippen LogP contribution is -2.40. The summed E-state index contributed by atoms with van der Waals surface area (Å²) in [5.41, 5.74) is 0. The van der Waals surface area contributed by atoms with Crippen LogP contribution in [0.25, 0.3) is 0 Å². The molecule has 0 saturated carbocycles. The van der Waals surface area contributed by atoms with Crippen molar-refractivity contribution in [1.82, 2.24) is 10.6 Å². The van der Waals surface area contributed by atoms with Crippen LogP contribution in [0.2, 0.25) is 0 Å². The predicted octanol–water partition coefficient (Wildman–Crippen LogP) is -0.127. The Kier molecular flexibility index (Phi) is 2.27.